The monoisotopic (exact) mass is 380 g/mol. The Balaban J connectivity index is 1.48. The second-order valence-electron chi connectivity index (χ2n) is 5.92. The van der Waals surface area contributed by atoms with Gasteiger partial charge in [-0.2, -0.15) is 0 Å². The number of carbonyl (C=O) groups excluding carboxylic acids is 1. The zero-order valence-electron chi connectivity index (χ0n) is 14.3. The summed E-state index contributed by atoms with van der Waals surface area (Å²) < 4.78 is 1.07. The largest absolute Gasteiger partial charge is 0.301 e. The number of aryl methyl sites for hydroxylation is 2. The molecule has 0 saturated carbocycles. The normalized spacial score (nSPS) is 11.2. The summed E-state index contributed by atoms with van der Waals surface area (Å²) in [5, 5.41) is 5.30. The summed E-state index contributed by atoms with van der Waals surface area (Å²) in [6.07, 6.45) is 0. The van der Waals surface area contributed by atoms with Crippen molar-refractivity contribution in [3.05, 3.63) is 53.9 Å². The predicted molar refractivity (Wildman–Crippen MR) is 108 cm³/mol. The van der Waals surface area contributed by atoms with Crippen LogP contribution in [0, 0.1) is 13.8 Å². The molecule has 0 spiro atoms. The highest BCUT2D eigenvalue weighted by molar-refractivity contribution is 8.00. The highest BCUT2D eigenvalue weighted by Gasteiger charge is 2.11. The van der Waals surface area contributed by atoms with Gasteiger partial charge in [0.2, 0.25) is 5.91 Å². The maximum Gasteiger partial charge on any atom is 0.236 e. The maximum atomic E-state index is 12.3. The number of rotatable bonds is 4. The van der Waals surface area contributed by atoms with Gasteiger partial charge in [0.05, 0.1) is 21.5 Å². The Morgan fingerprint density at radius 3 is 2.81 bits per heavy atom. The Morgan fingerprint density at radius 1 is 1.08 bits per heavy atom. The number of amides is 1. The van der Waals surface area contributed by atoms with Crippen LogP contribution in [0.3, 0.4) is 0 Å². The van der Waals surface area contributed by atoms with E-state index >= 15 is 0 Å². The molecule has 4 aromatic rings. The average molecular weight is 380 g/mol. The third-order valence-electron chi connectivity index (χ3n) is 3.81. The summed E-state index contributed by atoms with van der Waals surface area (Å²) in [4.78, 5) is 25.7. The van der Waals surface area contributed by atoms with Crippen LogP contribution in [-0.2, 0) is 4.79 Å². The Bertz CT molecular complexity index is 1120. The Kier molecular flexibility index (Phi) is 4.57. The van der Waals surface area contributed by atoms with Gasteiger partial charge in [0.1, 0.15) is 10.9 Å². The second kappa shape index (κ2) is 7.01. The molecule has 0 aliphatic heterocycles. The van der Waals surface area contributed by atoms with E-state index in [1.165, 1.54) is 28.7 Å². The van der Waals surface area contributed by atoms with Crippen molar-refractivity contribution in [3.8, 4) is 0 Å². The van der Waals surface area contributed by atoms with E-state index in [4.69, 9.17) is 0 Å². The van der Waals surface area contributed by atoms with Crippen LogP contribution in [0.4, 0.5) is 5.13 Å². The first-order valence-corrected chi connectivity index (χ1v) is 9.92. The van der Waals surface area contributed by atoms with Crippen molar-refractivity contribution in [1.29, 1.82) is 0 Å². The minimum absolute atomic E-state index is 0.0916. The van der Waals surface area contributed by atoms with Gasteiger partial charge in [-0.25, -0.2) is 15.0 Å². The van der Waals surface area contributed by atoms with E-state index in [1.807, 2.05) is 50.2 Å². The zero-order chi connectivity index (χ0) is 18.1. The van der Waals surface area contributed by atoms with Crippen molar-refractivity contribution in [3.63, 3.8) is 0 Å². The summed E-state index contributed by atoms with van der Waals surface area (Å²) >= 11 is 2.90. The van der Waals surface area contributed by atoms with Gasteiger partial charge in [0.15, 0.2) is 5.13 Å². The number of hydrogen-bond donors (Lipinski definition) is 1. The van der Waals surface area contributed by atoms with Gasteiger partial charge in [0.25, 0.3) is 0 Å². The lowest BCUT2D eigenvalue weighted by Crippen LogP contribution is -2.14. The van der Waals surface area contributed by atoms with Crippen molar-refractivity contribution >= 4 is 55.3 Å². The lowest BCUT2D eigenvalue weighted by atomic mass is 10.2. The molecule has 0 aliphatic rings. The van der Waals surface area contributed by atoms with E-state index < -0.39 is 0 Å². The van der Waals surface area contributed by atoms with Crippen LogP contribution in [0.5, 0.6) is 0 Å². The molecule has 130 valence electrons. The topological polar surface area (TPSA) is 67.8 Å². The van der Waals surface area contributed by atoms with Gasteiger partial charge in [0, 0.05) is 5.39 Å². The van der Waals surface area contributed by atoms with Gasteiger partial charge in [-0.1, -0.05) is 47.4 Å². The van der Waals surface area contributed by atoms with E-state index in [2.05, 4.69) is 26.3 Å². The molecule has 0 atom stereocenters. The summed E-state index contributed by atoms with van der Waals surface area (Å²) in [5.74, 6) is 0.884. The van der Waals surface area contributed by atoms with Crippen molar-refractivity contribution in [2.45, 2.75) is 18.9 Å². The Hall–Kier alpha value is -2.51. The van der Waals surface area contributed by atoms with Crippen LogP contribution in [0.1, 0.15) is 11.4 Å². The lowest BCUT2D eigenvalue weighted by molar-refractivity contribution is -0.113. The molecule has 0 saturated heterocycles. The molecule has 0 aliphatic carbocycles. The van der Waals surface area contributed by atoms with Crippen LogP contribution in [-0.4, -0.2) is 26.6 Å². The van der Waals surface area contributed by atoms with E-state index in [0.717, 1.165) is 26.1 Å². The third-order valence-corrected chi connectivity index (χ3v) is 5.74. The second-order valence-corrected chi connectivity index (χ2v) is 7.91. The van der Waals surface area contributed by atoms with Crippen LogP contribution >= 0.6 is 23.1 Å². The van der Waals surface area contributed by atoms with Gasteiger partial charge in [-0.15, -0.1) is 0 Å². The molecule has 4 rings (SSSR count). The number of aromatic nitrogens is 3. The maximum absolute atomic E-state index is 12.3. The highest BCUT2D eigenvalue weighted by Crippen LogP contribution is 2.28. The quantitative estimate of drug-likeness (QED) is 0.414. The van der Waals surface area contributed by atoms with Crippen molar-refractivity contribution in [2.24, 2.45) is 0 Å². The predicted octanol–water partition coefficient (Wildman–Crippen LogP) is 4.59. The van der Waals surface area contributed by atoms with Gasteiger partial charge < -0.3 is 5.32 Å². The molecule has 1 amide bonds. The van der Waals surface area contributed by atoms with E-state index in [9.17, 15) is 4.79 Å². The molecule has 0 fully saturated rings. The first-order chi connectivity index (χ1) is 12.6. The first-order valence-electron chi connectivity index (χ1n) is 8.12. The molecule has 2 aromatic heterocycles. The fraction of sp³-hybridized carbons (Fsp3) is 0.158. The number of anilines is 1. The number of hydrogen-bond acceptors (Lipinski definition) is 6. The zero-order valence-corrected chi connectivity index (χ0v) is 15.9. The fourth-order valence-corrected chi connectivity index (χ4v) is 4.49. The number of nitrogens with zero attached hydrogens (tertiary/aromatic N) is 3. The van der Waals surface area contributed by atoms with Crippen LogP contribution in [0.15, 0.2) is 47.5 Å². The molecule has 2 aromatic carbocycles. The molecule has 0 bridgehead atoms. The number of thiazole rings is 1. The van der Waals surface area contributed by atoms with Crippen molar-refractivity contribution in [1.82, 2.24) is 15.0 Å². The average Bonchev–Trinajstić information content (AvgIpc) is 3.00. The number of thioether (sulfide) groups is 1. The van der Waals surface area contributed by atoms with Gasteiger partial charge >= 0.3 is 0 Å². The van der Waals surface area contributed by atoms with Crippen LogP contribution in [0.25, 0.3) is 21.1 Å². The number of fused-ring (bicyclic) bond motifs is 2. The van der Waals surface area contributed by atoms with E-state index in [-0.39, 0.29) is 11.7 Å². The molecule has 26 heavy (non-hydrogen) atoms. The SMILES string of the molecule is Cc1ccc2nc(NC(=O)CSc3nc(C)nc4ccccc34)sc2c1. The highest BCUT2D eigenvalue weighted by atomic mass is 32.2. The summed E-state index contributed by atoms with van der Waals surface area (Å²) in [5.41, 5.74) is 2.98. The molecular weight excluding hydrogens is 364 g/mol. The molecule has 0 unspecified atom stereocenters. The van der Waals surface area contributed by atoms with Gasteiger partial charge in [-0.3, -0.25) is 4.79 Å². The summed E-state index contributed by atoms with van der Waals surface area (Å²) in [6, 6.07) is 13.9. The van der Waals surface area contributed by atoms with E-state index in [0.29, 0.717) is 11.0 Å². The Morgan fingerprint density at radius 2 is 1.92 bits per heavy atom. The van der Waals surface area contributed by atoms with Crippen LogP contribution < -0.4 is 5.32 Å². The minimum atomic E-state index is -0.0916. The number of para-hydroxylation sites is 1. The lowest BCUT2D eigenvalue weighted by Gasteiger charge is -2.06. The molecule has 0 radical (unpaired) electrons. The molecular formula is C19H16N4OS2. The fourth-order valence-electron chi connectivity index (χ4n) is 2.64. The Labute approximate surface area is 158 Å². The molecule has 5 nitrogen and oxygen atoms in total. The van der Waals surface area contributed by atoms with E-state index in [1.54, 1.807) is 0 Å². The smallest absolute Gasteiger partial charge is 0.236 e. The molecule has 1 N–H and O–H groups in total. The standard InChI is InChI=1S/C19H16N4OS2/c1-11-7-8-15-16(9-11)26-19(22-15)23-17(24)10-25-18-13-5-3-4-6-14(13)20-12(2)21-18/h3-9H,10H2,1-2H3,(H,22,23,24). The number of benzene rings is 2. The van der Waals surface area contributed by atoms with Crippen LogP contribution in [0.2, 0.25) is 0 Å². The number of nitrogens with one attached hydrogen (secondary N) is 1. The van der Waals surface area contributed by atoms with Crippen molar-refractivity contribution in [2.75, 3.05) is 11.1 Å². The van der Waals surface area contributed by atoms with Gasteiger partial charge in [-0.05, 0) is 37.6 Å². The summed E-state index contributed by atoms with van der Waals surface area (Å²) in [7, 11) is 0. The minimum Gasteiger partial charge on any atom is -0.301 e. The molecule has 2 heterocycles. The first kappa shape index (κ1) is 16.9. The summed E-state index contributed by atoms with van der Waals surface area (Å²) in [6.45, 7) is 3.90. The molecule has 7 heteroatoms. The number of carbonyl (C=O) groups is 1. The third kappa shape index (κ3) is 3.54. The van der Waals surface area contributed by atoms with Crippen molar-refractivity contribution < 1.29 is 4.79 Å².